The van der Waals surface area contributed by atoms with Gasteiger partial charge in [0.2, 0.25) is 5.91 Å². The zero-order chi connectivity index (χ0) is 16.8. The summed E-state index contributed by atoms with van der Waals surface area (Å²) in [6.07, 6.45) is 1.17. The Morgan fingerprint density at radius 1 is 1.08 bits per heavy atom. The van der Waals surface area contributed by atoms with Crippen molar-refractivity contribution in [2.75, 3.05) is 36.5 Å². The summed E-state index contributed by atoms with van der Waals surface area (Å²) in [5.74, 6) is -0.00405. The Morgan fingerprint density at radius 3 is 2.58 bits per heavy atom. The van der Waals surface area contributed by atoms with Crippen molar-refractivity contribution in [3.05, 3.63) is 59.1 Å². The lowest BCUT2D eigenvalue weighted by Crippen LogP contribution is -2.37. The molecule has 4 nitrogen and oxygen atoms in total. The van der Waals surface area contributed by atoms with Crippen molar-refractivity contribution in [2.24, 2.45) is 0 Å². The minimum Gasteiger partial charge on any atom is -0.378 e. The molecule has 2 aromatic rings. The van der Waals surface area contributed by atoms with Gasteiger partial charge < -0.3 is 15.0 Å². The van der Waals surface area contributed by atoms with Crippen LogP contribution in [0.4, 0.5) is 11.4 Å². The van der Waals surface area contributed by atoms with Gasteiger partial charge in [-0.2, -0.15) is 0 Å². The van der Waals surface area contributed by atoms with E-state index in [9.17, 15) is 4.79 Å². The summed E-state index contributed by atoms with van der Waals surface area (Å²) >= 11 is 6.39. The first kappa shape index (κ1) is 16.8. The molecular formula is C19H21ClN2O2. The fourth-order valence-electron chi connectivity index (χ4n) is 2.84. The summed E-state index contributed by atoms with van der Waals surface area (Å²) in [5, 5.41) is 3.66. The average molecular weight is 345 g/mol. The number of para-hydroxylation sites is 1. The molecule has 1 fully saturated rings. The molecule has 1 heterocycles. The number of hydrogen-bond donors (Lipinski definition) is 1. The second-order valence-corrected chi connectivity index (χ2v) is 6.18. The zero-order valence-electron chi connectivity index (χ0n) is 13.5. The molecule has 0 radical (unpaired) electrons. The molecule has 1 amide bonds. The van der Waals surface area contributed by atoms with Gasteiger partial charge in [-0.25, -0.2) is 0 Å². The maximum absolute atomic E-state index is 12.3. The largest absolute Gasteiger partial charge is 0.378 e. The summed E-state index contributed by atoms with van der Waals surface area (Å²) in [4.78, 5) is 14.5. The predicted octanol–water partition coefficient (Wildman–Crippen LogP) is 3.75. The van der Waals surface area contributed by atoms with Crippen molar-refractivity contribution in [1.82, 2.24) is 0 Å². The van der Waals surface area contributed by atoms with E-state index in [-0.39, 0.29) is 5.91 Å². The number of nitrogens with one attached hydrogen (secondary N) is 1. The molecule has 1 aliphatic heterocycles. The van der Waals surface area contributed by atoms with Crippen LogP contribution in [0.2, 0.25) is 5.02 Å². The van der Waals surface area contributed by atoms with Crippen molar-refractivity contribution in [3.8, 4) is 0 Å². The van der Waals surface area contributed by atoms with Crippen molar-refractivity contribution in [2.45, 2.75) is 12.8 Å². The Kier molecular flexibility index (Phi) is 5.72. The van der Waals surface area contributed by atoms with Crippen LogP contribution in [0.25, 0.3) is 0 Å². The van der Waals surface area contributed by atoms with Gasteiger partial charge in [-0.15, -0.1) is 0 Å². The highest BCUT2D eigenvalue weighted by molar-refractivity contribution is 6.34. The number of nitrogens with zero attached hydrogens (tertiary/aromatic N) is 1. The SMILES string of the molecule is O=C(CCc1ccccc1)Nc1cccc(Cl)c1N1CCOCC1. The zero-order valence-corrected chi connectivity index (χ0v) is 14.3. The van der Waals surface area contributed by atoms with Crippen LogP contribution >= 0.6 is 11.6 Å². The second-order valence-electron chi connectivity index (χ2n) is 5.77. The van der Waals surface area contributed by atoms with Crippen molar-refractivity contribution in [1.29, 1.82) is 0 Å². The Bertz CT molecular complexity index is 685. The number of aryl methyl sites for hydroxylation is 1. The molecule has 0 atom stereocenters. The minimum atomic E-state index is -0.00405. The van der Waals surface area contributed by atoms with Gasteiger partial charge in [0.05, 0.1) is 29.6 Å². The maximum atomic E-state index is 12.3. The van der Waals surface area contributed by atoms with Crippen molar-refractivity contribution >= 4 is 28.9 Å². The third-order valence-electron chi connectivity index (χ3n) is 4.07. The first-order valence-corrected chi connectivity index (χ1v) is 8.57. The van der Waals surface area contributed by atoms with E-state index in [0.29, 0.717) is 24.7 Å². The van der Waals surface area contributed by atoms with Crippen LogP contribution < -0.4 is 10.2 Å². The number of morpholine rings is 1. The fourth-order valence-corrected chi connectivity index (χ4v) is 3.13. The number of amides is 1. The standard InChI is InChI=1S/C19H21ClN2O2/c20-16-7-4-8-17(19(16)22-11-13-24-14-12-22)21-18(23)10-9-15-5-2-1-3-6-15/h1-8H,9-14H2,(H,21,23). The predicted molar refractivity (Wildman–Crippen MR) is 97.9 cm³/mol. The van der Waals surface area contributed by atoms with Crippen LogP contribution in [0.5, 0.6) is 0 Å². The highest BCUT2D eigenvalue weighted by Gasteiger charge is 2.18. The number of hydrogen-bond acceptors (Lipinski definition) is 3. The first-order chi connectivity index (χ1) is 11.7. The van der Waals surface area contributed by atoms with Crippen LogP contribution in [0.15, 0.2) is 48.5 Å². The number of rotatable bonds is 5. The highest BCUT2D eigenvalue weighted by atomic mass is 35.5. The summed E-state index contributed by atoms with van der Waals surface area (Å²) in [6.45, 7) is 2.90. The maximum Gasteiger partial charge on any atom is 0.224 e. The molecule has 1 N–H and O–H groups in total. The second kappa shape index (κ2) is 8.18. The third-order valence-corrected chi connectivity index (χ3v) is 4.38. The number of halogens is 1. The van der Waals surface area contributed by atoms with E-state index >= 15 is 0 Å². The molecule has 0 unspecified atom stereocenters. The number of benzene rings is 2. The summed E-state index contributed by atoms with van der Waals surface area (Å²) in [6, 6.07) is 15.6. The molecule has 5 heteroatoms. The first-order valence-electron chi connectivity index (χ1n) is 8.19. The normalized spacial score (nSPS) is 14.5. The lowest BCUT2D eigenvalue weighted by atomic mass is 10.1. The molecule has 0 saturated carbocycles. The fraction of sp³-hybridized carbons (Fsp3) is 0.316. The molecule has 0 bridgehead atoms. The average Bonchev–Trinajstić information content (AvgIpc) is 2.62. The van der Waals surface area contributed by atoms with Crippen LogP contribution in [0.3, 0.4) is 0 Å². The monoisotopic (exact) mass is 344 g/mol. The number of ether oxygens (including phenoxy) is 1. The van der Waals surface area contributed by atoms with E-state index in [1.54, 1.807) is 0 Å². The minimum absolute atomic E-state index is 0.00405. The molecule has 0 aromatic heterocycles. The van der Waals surface area contributed by atoms with Crippen molar-refractivity contribution in [3.63, 3.8) is 0 Å². The summed E-state index contributed by atoms with van der Waals surface area (Å²) < 4.78 is 5.40. The highest BCUT2D eigenvalue weighted by Crippen LogP contribution is 2.34. The van der Waals surface area contributed by atoms with Crippen LogP contribution in [0.1, 0.15) is 12.0 Å². The molecular weight excluding hydrogens is 324 g/mol. The van der Waals surface area contributed by atoms with E-state index < -0.39 is 0 Å². The molecule has 0 aliphatic carbocycles. The smallest absolute Gasteiger partial charge is 0.224 e. The topological polar surface area (TPSA) is 41.6 Å². The van der Waals surface area contributed by atoms with Gasteiger partial charge >= 0.3 is 0 Å². The van der Waals surface area contributed by atoms with Gasteiger partial charge in [-0.3, -0.25) is 4.79 Å². The van der Waals surface area contributed by atoms with Gasteiger partial charge in [0.1, 0.15) is 0 Å². The van der Waals surface area contributed by atoms with E-state index in [1.807, 2.05) is 48.5 Å². The van der Waals surface area contributed by atoms with Gasteiger partial charge in [0.15, 0.2) is 0 Å². The van der Waals surface area contributed by atoms with Gasteiger partial charge in [-0.1, -0.05) is 48.0 Å². The molecule has 1 aliphatic rings. The van der Waals surface area contributed by atoms with E-state index in [0.717, 1.165) is 36.4 Å². The lowest BCUT2D eigenvalue weighted by Gasteiger charge is -2.31. The summed E-state index contributed by atoms with van der Waals surface area (Å²) in [7, 11) is 0. The quantitative estimate of drug-likeness (QED) is 0.898. The number of carbonyl (C=O) groups is 1. The third kappa shape index (κ3) is 4.28. The Labute approximate surface area is 147 Å². The van der Waals surface area contributed by atoms with Crippen molar-refractivity contribution < 1.29 is 9.53 Å². The van der Waals surface area contributed by atoms with Gasteiger partial charge in [0, 0.05) is 19.5 Å². The van der Waals surface area contributed by atoms with Gasteiger partial charge in [0.25, 0.3) is 0 Å². The lowest BCUT2D eigenvalue weighted by molar-refractivity contribution is -0.116. The van der Waals surface area contributed by atoms with E-state index in [1.165, 1.54) is 0 Å². The van der Waals surface area contributed by atoms with Gasteiger partial charge in [-0.05, 0) is 24.1 Å². The Morgan fingerprint density at radius 2 is 1.83 bits per heavy atom. The molecule has 0 spiro atoms. The van der Waals surface area contributed by atoms with Crippen LogP contribution in [0, 0.1) is 0 Å². The molecule has 1 saturated heterocycles. The van der Waals surface area contributed by atoms with E-state index in [4.69, 9.17) is 16.3 Å². The summed E-state index contributed by atoms with van der Waals surface area (Å²) in [5.41, 5.74) is 2.81. The Hall–Kier alpha value is -2.04. The number of anilines is 2. The van der Waals surface area contributed by atoms with Crippen LogP contribution in [-0.4, -0.2) is 32.2 Å². The molecule has 24 heavy (non-hydrogen) atoms. The van der Waals surface area contributed by atoms with Crippen LogP contribution in [-0.2, 0) is 16.0 Å². The molecule has 3 rings (SSSR count). The molecule has 2 aromatic carbocycles. The number of carbonyl (C=O) groups excluding carboxylic acids is 1. The molecule has 126 valence electrons. The Balaban J connectivity index is 1.67. The van der Waals surface area contributed by atoms with E-state index in [2.05, 4.69) is 10.2 Å².